The molecule has 0 aliphatic carbocycles. The zero-order valence-electron chi connectivity index (χ0n) is 14.0. The maximum atomic E-state index is 5.01. The van der Waals surface area contributed by atoms with Crippen LogP contribution in [-0.4, -0.2) is 40.1 Å². The fourth-order valence-corrected chi connectivity index (χ4v) is 3.49. The molecular weight excluding hydrogens is 298 g/mol. The second-order valence-corrected chi connectivity index (χ2v) is 6.54. The highest BCUT2D eigenvalue weighted by molar-refractivity contribution is 5.94. The van der Waals surface area contributed by atoms with Crippen molar-refractivity contribution in [2.45, 2.75) is 25.9 Å². The zero-order valence-corrected chi connectivity index (χ0v) is 14.0. The van der Waals surface area contributed by atoms with Crippen LogP contribution in [0.4, 0.5) is 5.82 Å². The van der Waals surface area contributed by atoms with Gasteiger partial charge in [0.25, 0.3) is 0 Å². The minimum Gasteiger partial charge on any atom is -0.353 e. The van der Waals surface area contributed by atoms with Crippen LogP contribution in [0.5, 0.6) is 0 Å². The lowest BCUT2D eigenvalue weighted by Crippen LogP contribution is -2.54. The molecule has 0 saturated carbocycles. The number of fused-ring (bicyclic) bond motifs is 1. The predicted molar refractivity (Wildman–Crippen MR) is 97.0 cm³/mol. The molecule has 122 valence electrons. The van der Waals surface area contributed by atoms with Crippen molar-refractivity contribution in [3.63, 3.8) is 0 Å². The summed E-state index contributed by atoms with van der Waals surface area (Å²) in [6, 6.07) is 9.05. The molecule has 24 heavy (non-hydrogen) atoms. The van der Waals surface area contributed by atoms with Gasteiger partial charge in [-0.3, -0.25) is 9.97 Å². The van der Waals surface area contributed by atoms with E-state index in [4.69, 9.17) is 4.98 Å². The van der Waals surface area contributed by atoms with Crippen molar-refractivity contribution in [2.24, 2.45) is 0 Å². The molecule has 1 aliphatic heterocycles. The molecule has 2 unspecified atom stereocenters. The lowest BCUT2D eigenvalue weighted by Gasteiger charge is -2.37. The first-order chi connectivity index (χ1) is 11.7. The molecule has 4 rings (SSSR count). The summed E-state index contributed by atoms with van der Waals surface area (Å²) in [6.07, 6.45) is 7.37. The molecule has 1 aliphatic rings. The number of nitrogens with one attached hydrogen (secondary N) is 1. The molecule has 4 heterocycles. The van der Waals surface area contributed by atoms with Gasteiger partial charge in [-0.15, -0.1) is 0 Å². The largest absolute Gasteiger partial charge is 0.353 e. The Hall–Kier alpha value is -2.53. The predicted octanol–water partition coefficient (Wildman–Crippen LogP) is 2.88. The molecule has 0 aromatic carbocycles. The van der Waals surface area contributed by atoms with E-state index in [-0.39, 0.29) is 0 Å². The van der Waals surface area contributed by atoms with Crippen LogP contribution in [0.15, 0.2) is 49.1 Å². The fraction of sp³-hybridized carbons (Fsp3) is 0.316. The second kappa shape index (κ2) is 6.17. The Labute approximate surface area is 141 Å². The summed E-state index contributed by atoms with van der Waals surface area (Å²) in [4.78, 5) is 15.8. The van der Waals surface area contributed by atoms with Gasteiger partial charge in [-0.05, 0) is 38.1 Å². The first-order valence-corrected chi connectivity index (χ1v) is 8.37. The third-order valence-corrected chi connectivity index (χ3v) is 4.44. The zero-order chi connectivity index (χ0) is 16.5. The highest BCUT2D eigenvalue weighted by atomic mass is 15.3. The van der Waals surface area contributed by atoms with E-state index in [2.05, 4.69) is 46.2 Å². The molecule has 1 saturated heterocycles. The van der Waals surface area contributed by atoms with Gasteiger partial charge in [0.1, 0.15) is 5.82 Å². The molecule has 2 atom stereocenters. The number of hydrogen-bond acceptors (Lipinski definition) is 5. The lowest BCUT2D eigenvalue weighted by molar-refractivity contribution is 0.406. The van der Waals surface area contributed by atoms with Crippen LogP contribution in [0.3, 0.4) is 0 Å². The van der Waals surface area contributed by atoms with Crippen LogP contribution in [0.1, 0.15) is 13.8 Å². The number of piperazine rings is 1. The first kappa shape index (κ1) is 15.0. The molecule has 0 radical (unpaired) electrons. The Balaban J connectivity index is 1.87. The highest BCUT2D eigenvalue weighted by Gasteiger charge is 2.23. The monoisotopic (exact) mass is 319 g/mol. The van der Waals surface area contributed by atoms with Gasteiger partial charge in [-0.2, -0.15) is 0 Å². The minimum absolute atomic E-state index is 0.442. The van der Waals surface area contributed by atoms with Crippen LogP contribution in [0, 0.1) is 0 Å². The summed E-state index contributed by atoms with van der Waals surface area (Å²) in [5.74, 6) is 1.04. The van der Waals surface area contributed by atoms with Crippen molar-refractivity contribution in [2.75, 3.05) is 18.0 Å². The average Bonchev–Trinajstić information content (AvgIpc) is 2.60. The standard InChI is InChI=1S/C19H21N5/c1-13-11-24(12-14(2)22-13)19-17-5-8-21-10-16(17)9-18(23-19)15-3-6-20-7-4-15/h3-10,13-14,22H,11-12H2,1-2H3. The number of anilines is 1. The number of rotatable bonds is 2. The third-order valence-electron chi connectivity index (χ3n) is 4.44. The highest BCUT2D eigenvalue weighted by Crippen LogP contribution is 2.30. The maximum Gasteiger partial charge on any atom is 0.137 e. The van der Waals surface area contributed by atoms with Gasteiger partial charge in [0, 0.05) is 66.3 Å². The summed E-state index contributed by atoms with van der Waals surface area (Å²) < 4.78 is 0. The molecule has 3 aromatic heterocycles. The van der Waals surface area contributed by atoms with E-state index in [0.29, 0.717) is 12.1 Å². The van der Waals surface area contributed by atoms with E-state index < -0.39 is 0 Å². The van der Waals surface area contributed by atoms with Crippen LogP contribution in [0.2, 0.25) is 0 Å². The van der Waals surface area contributed by atoms with Gasteiger partial charge in [0.05, 0.1) is 5.69 Å². The molecule has 0 bridgehead atoms. The van der Waals surface area contributed by atoms with Gasteiger partial charge in [0.2, 0.25) is 0 Å². The van der Waals surface area contributed by atoms with Crippen molar-refractivity contribution in [3.8, 4) is 11.3 Å². The number of pyridine rings is 3. The van der Waals surface area contributed by atoms with Crippen LogP contribution in [0.25, 0.3) is 22.0 Å². The Morgan fingerprint density at radius 3 is 2.46 bits per heavy atom. The molecule has 3 aromatic rings. The molecule has 1 N–H and O–H groups in total. The fourth-order valence-electron chi connectivity index (χ4n) is 3.49. The Kier molecular flexibility index (Phi) is 3.86. The third kappa shape index (κ3) is 2.83. The smallest absolute Gasteiger partial charge is 0.137 e. The summed E-state index contributed by atoms with van der Waals surface area (Å²) in [6.45, 7) is 6.35. The summed E-state index contributed by atoms with van der Waals surface area (Å²) in [5, 5.41) is 5.86. The molecule has 5 nitrogen and oxygen atoms in total. The normalized spacial score (nSPS) is 21.2. The quantitative estimate of drug-likeness (QED) is 0.787. The van der Waals surface area contributed by atoms with E-state index in [1.54, 1.807) is 12.4 Å². The number of hydrogen-bond donors (Lipinski definition) is 1. The number of aromatic nitrogens is 3. The van der Waals surface area contributed by atoms with Crippen molar-refractivity contribution in [3.05, 3.63) is 49.1 Å². The van der Waals surface area contributed by atoms with Crippen LogP contribution in [-0.2, 0) is 0 Å². The van der Waals surface area contributed by atoms with Gasteiger partial charge < -0.3 is 10.2 Å². The van der Waals surface area contributed by atoms with Crippen molar-refractivity contribution in [1.29, 1.82) is 0 Å². The van der Waals surface area contributed by atoms with E-state index in [1.165, 1.54) is 0 Å². The number of nitrogens with zero attached hydrogens (tertiary/aromatic N) is 4. The van der Waals surface area contributed by atoms with Crippen molar-refractivity contribution in [1.82, 2.24) is 20.3 Å². The summed E-state index contributed by atoms with van der Waals surface area (Å²) >= 11 is 0. The van der Waals surface area contributed by atoms with Crippen molar-refractivity contribution >= 4 is 16.6 Å². The lowest BCUT2D eigenvalue weighted by atomic mass is 10.1. The Bertz CT molecular complexity index is 839. The van der Waals surface area contributed by atoms with Gasteiger partial charge >= 0.3 is 0 Å². The average molecular weight is 319 g/mol. The molecular formula is C19H21N5. The SMILES string of the molecule is CC1CN(c2nc(-c3ccncc3)cc3cnccc23)CC(C)N1. The minimum atomic E-state index is 0.442. The molecule has 0 spiro atoms. The van der Waals surface area contributed by atoms with Crippen molar-refractivity contribution < 1.29 is 0 Å². The van der Waals surface area contributed by atoms with Gasteiger partial charge in [-0.25, -0.2) is 4.98 Å². The maximum absolute atomic E-state index is 5.01. The van der Waals surface area contributed by atoms with Gasteiger partial charge in [-0.1, -0.05) is 0 Å². The molecule has 5 heteroatoms. The van der Waals surface area contributed by atoms with Crippen LogP contribution < -0.4 is 10.2 Å². The summed E-state index contributed by atoms with van der Waals surface area (Å²) in [7, 11) is 0. The van der Waals surface area contributed by atoms with E-state index >= 15 is 0 Å². The summed E-state index contributed by atoms with van der Waals surface area (Å²) in [5.41, 5.74) is 2.04. The Morgan fingerprint density at radius 2 is 1.71 bits per heavy atom. The molecule has 0 amide bonds. The molecule has 1 fully saturated rings. The van der Waals surface area contributed by atoms with E-state index in [0.717, 1.165) is 40.9 Å². The van der Waals surface area contributed by atoms with E-state index in [9.17, 15) is 0 Å². The second-order valence-electron chi connectivity index (χ2n) is 6.54. The van der Waals surface area contributed by atoms with E-state index in [1.807, 2.05) is 24.5 Å². The Morgan fingerprint density at radius 1 is 1.00 bits per heavy atom. The topological polar surface area (TPSA) is 53.9 Å². The first-order valence-electron chi connectivity index (χ1n) is 8.37. The van der Waals surface area contributed by atoms with Gasteiger partial charge in [0.15, 0.2) is 0 Å². The van der Waals surface area contributed by atoms with Crippen LogP contribution >= 0.6 is 0 Å².